The lowest BCUT2D eigenvalue weighted by atomic mass is 10.1. The second-order valence-electron chi connectivity index (χ2n) is 6.17. The molecule has 3 amide bonds. The van der Waals surface area contributed by atoms with Crippen LogP contribution in [-0.2, 0) is 11.3 Å². The maximum Gasteiger partial charge on any atom is 0.262 e. The molecular weight excluding hydrogens is 384 g/mol. The van der Waals surface area contributed by atoms with Gasteiger partial charge in [0.15, 0.2) is 0 Å². The maximum absolute atomic E-state index is 12.8. The van der Waals surface area contributed by atoms with Gasteiger partial charge in [0.05, 0.1) is 11.1 Å². The van der Waals surface area contributed by atoms with Crippen molar-refractivity contribution in [1.82, 2.24) is 10.2 Å². The predicted octanol–water partition coefficient (Wildman–Crippen LogP) is 3.37. The first-order valence-electron chi connectivity index (χ1n) is 8.51. The van der Waals surface area contributed by atoms with Gasteiger partial charge in [-0.2, -0.15) is 11.8 Å². The molecule has 27 heavy (non-hydrogen) atoms. The van der Waals surface area contributed by atoms with Crippen molar-refractivity contribution in [2.75, 3.05) is 12.0 Å². The van der Waals surface area contributed by atoms with E-state index in [-0.39, 0.29) is 12.5 Å². The van der Waals surface area contributed by atoms with E-state index in [2.05, 4.69) is 5.32 Å². The van der Waals surface area contributed by atoms with Crippen molar-refractivity contribution >= 4 is 41.1 Å². The molecule has 1 aliphatic heterocycles. The van der Waals surface area contributed by atoms with Crippen LogP contribution in [0.2, 0.25) is 5.02 Å². The van der Waals surface area contributed by atoms with Crippen LogP contribution in [0.25, 0.3) is 0 Å². The second kappa shape index (κ2) is 8.59. The van der Waals surface area contributed by atoms with E-state index in [9.17, 15) is 14.4 Å². The molecule has 1 heterocycles. The summed E-state index contributed by atoms with van der Waals surface area (Å²) in [6, 6.07) is 13.0. The number of amides is 3. The molecule has 2 aromatic carbocycles. The molecule has 1 aliphatic rings. The third-order valence-electron chi connectivity index (χ3n) is 4.39. The monoisotopic (exact) mass is 402 g/mol. The lowest BCUT2D eigenvalue weighted by molar-refractivity contribution is -0.125. The summed E-state index contributed by atoms with van der Waals surface area (Å²) in [6.07, 6.45) is 2.32. The zero-order chi connectivity index (χ0) is 19.4. The second-order valence-corrected chi connectivity index (χ2v) is 7.59. The highest BCUT2D eigenvalue weighted by atomic mass is 35.5. The van der Waals surface area contributed by atoms with Crippen molar-refractivity contribution in [2.45, 2.75) is 19.0 Å². The fourth-order valence-electron chi connectivity index (χ4n) is 3.05. The van der Waals surface area contributed by atoms with Crippen LogP contribution in [0, 0.1) is 0 Å². The summed E-state index contributed by atoms with van der Waals surface area (Å²) in [5.74, 6) is -0.527. The third kappa shape index (κ3) is 4.17. The van der Waals surface area contributed by atoms with E-state index >= 15 is 0 Å². The molecule has 3 rings (SSSR count). The summed E-state index contributed by atoms with van der Waals surface area (Å²) in [7, 11) is 0. The number of fused-ring (bicyclic) bond motifs is 1. The number of imide groups is 1. The first kappa shape index (κ1) is 19.5. The molecule has 5 nitrogen and oxygen atoms in total. The Hall–Kier alpha value is -2.31. The van der Waals surface area contributed by atoms with Crippen molar-refractivity contribution < 1.29 is 14.4 Å². The Morgan fingerprint density at radius 2 is 1.78 bits per heavy atom. The van der Waals surface area contributed by atoms with Crippen molar-refractivity contribution in [3.05, 3.63) is 70.2 Å². The highest BCUT2D eigenvalue weighted by Crippen LogP contribution is 2.26. The van der Waals surface area contributed by atoms with Crippen LogP contribution in [0.4, 0.5) is 0 Å². The topological polar surface area (TPSA) is 66.5 Å². The molecule has 140 valence electrons. The number of nitrogens with zero attached hydrogens (tertiary/aromatic N) is 1. The van der Waals surface area contributed by atoms with Crippen LogP contribution >= 0.6 is 23.4 Å². The molecule has 0 radical (unpaired) electrons. The quantitative estimate of drug-likeness (QED) is 0.721. The Labute approximate surface area is 167 Å². The molecule has 0 saturated carbocycles. The SMILES string of the molecule is CSCC[C@@H](C(=O)NCc1cccc(Cl)c1)N1C(=O)c2ccccc2C1=O. The van der Waals surface area contributed by atoms with Crippen LogP contribution in [0.1, 0.15) is 32.7 Å². The molecule has 0 bridgehead atoms. The minimum absolute atomic E-state index is 0.276. The average molecular weight is 403 g/mol. The lowest BCUT2D eigenvalue weighted by Crippen LogP contribution is -2.49. The number of carbonyl (C=O) groups excluding carboxylic acids is 3. The van der Waals surface area contributed by atoms with Gasteiger partial charge in [-0.1, -0.05) is 35.9 Å². The Balaban J connectivity index is 1.78. The van der Waals surface area contributed by atoms with Gasteiger partial charge in [-0.15, -0.1) is 0 Å². The third-order valence-corrected chi connectivity index (χ3v) is 5.27. The van der Waals surface area contributed by atoms with Crippen LogP contribution in [0.3, 0.4) is 0 Å². The van der Waals surface area contributed by atoms with E-state index in [1.54, 1.807) is 54.2 Å². The first-order valence-corrected chi connectivity index (χ1v) is 10.3. The minimum atomic E-state index is -0.843. The number of halogens is 1. The number of benzene rings is 2. The predicted molar refractivity (Wildman–Crippen MR) is 107 cm³/mol. The summed E-state index contributed by atoms with van der Waals surface area (Å²) in [4.78, 5) is 39.4. The molecule has 0 unspecified atom stereocenters. The van der Waals surface area contributed by atoms with Gasteiger partial charge in [-0.05, 0) is 48.3 Å². The van der Waals surface area contributed by atoms with Gasteiger partial charge < -0.3 is 5.32 Å². The van der Waals surface area contributed by atoms with Gasteiger partial charge in [0.1, 0.15) is 6.04 Å². The fourth-order valence-corrected chi connectivity index (χ4v) is 3.72. The molecule has 0 aliphatic carbocycles. The fraction of sp³-hybridized carbons (Fsp3) is 0.250. The van der Waals surface area contributed by atoms with Gasteiger partial charge in [0, 0.05) is 11.6 Å². The number of carbonyl (C=O) groups is 3. The van der Waals surface area contributed by atoms with Gasteiger partial charge in [-0.3, -0.25) is 19.3 Å². The van der Waals surface area contributed by atoms with Gasteiger partial charge in [0.25, 0.3) is 11.8 Å². The largest absolute Gasteiger partial charge is 0.350 e. The molecule has 7 heteroatoms. The molecule has 1 N–H and O–H groups in total. The standard InChI is InChI=1S/C20H19ClN2O3S/c1-27-10-9-17(18(24)22-12-13-5-4-6-14(21)11-13)23-19(25)15-7-2-3-8-16(15)20(23)26/h2-8,11,17H,9-10,12H2,1H3,(H,22,24)/t17-/m0/s1. The van der Waals surface area contributed by atoms with E-state index in [0.29, 0.717) is 28.3 Å². The van der Waals surface area contributed by atoms with Crippen LogP contribution in [0.15, 0.2) is 48.5 Å². The van der Waals surface area contributed by atoms with E-state index in [4.69, 9.17) is 11.6 Å². The highest BCUT2D eigenvalue weighted by Gasteiger charge is 2.42. The molecule has 0 aromatic heterocycles. The normalized spacial score (nSPS) is 14.2. The van der Waals surface area contributed by atoms with Crippen molar-refractivity contribution in [3.63, 3.8) is 0 Å². The van der Waals surface area contributed by atoms with E-state index < -0.39 is 17.9 Å². The van der Waals surface area contributed by atoms with Gasteiger partial charge in [-0.25, -0.2) is 0 Å². The number of hydrogen-bond donors (Lipinski definition) is 1. The summed E-state index contributed by atoms with van der Waals surface area (Å²) in [5, 5.41) is 3.41. The molecule has 0 spiro atoms. The van der Waals surface area contributed by atoms with Gasteiger partial charge >= 0.3 is 0 Å². The van der Waals surface area contributed by atoms with Crippen molar-refractivity contribution in [1.29, 1.82) is 0 Å². The summed E-state index contributed by atoms with van der Waals surface area (Å²) < 4.78 is 0. The van der Waals surface area contributed by atoms with Crippen molar-refractivity contribution in [3.8, 4) is 0 Å². The summed E-state index contributed by atoms with van der Waals surface area (Å²) in [6.45, 7) is 0.276. The maximum atomic E-state index is 12.8. The van der Waals surface area contributed by atoms with E-state index in [1.807, 2.05) is 12.3 Å². The van der Waals surface area contributed by atoms with E-state index in [1.165, 1.54) is 0 Å². The zero-order valence-electron chi connectivity index (χ0n) is 14.8. The molecule has 2 aromatic rings. The Bertz CT molecular complexity index is 852. The number of nitrogens with one attached hydrogen (secondary N) is 1. The number of thioether (sulfide) groups is 1. The number of rotatable bonds is 7. The Morgan fingerprint density at radius 3 is 2.37 bits per heavy atom. The van der Waals surface area contributed by atoms with Crippen molar-refractivity contribution in [2.24, 2.45) is 0 Å². The Kier molecular flexibility index (Phi) is 6.19. The Morgan fingerprint density at radius 1 is 1.11 bits per heavy atom. The highest BCUT2D eigenvalue weighted by molar-refractivity contribution is 7.98. The number of hydrogen-bond acceptors (Lipinski definition) is 4. The first-order chi connectivity index (χ1) is 13.0. The lowest BCUT2D eigenvalue weighted by Gasteiger charge is -2.25. The van der Waals surface area contributed by atoms with Crippen LogP contribution in [-0.4, -0.2) is 40.7 Å². The van der Waals surface area contributed by atoms with Crippen LogP contribution < -0.4 is 5.32 Å². The molecule has 0 fully saturated rings. The van der Waals surface area contributed by atoms with Gasteiger partial charge in [0.2, 0.25) is 5.91 Å². The summed E-state index contributed by atoms with van der Waals surface area (Å²) >= 11 is 7.53. The molecule has 1 atom stereocenters. The smallest absolute Gasteiger partial charge is 0.262 e. The zero-order valence-corrected chi connectivity index (χ0v) is 16.3. The summed E-state index contributed by atoms with van der Waals surface area (Å²) in [5.41, 5.74) is 1.54. The average Bonchev–Trinajstić information content (AvgIpc) is 2.92. The molecule has 0 saturated heterocycles. The van der Waals surface area contributed by atoms with Crippen LogP contribution in [0.5, 0.6) is 0 Å². The molecular formula is C20H19ClN2O3S. The van der Waals surface area contributed by atoms with E-state index in [0.717, 1.165) is 10.5 Å². The minimum Gasteiger partial charge on any atom is -0.350 e.